The number of nitrogens with zero attached hydrogens (tertiary/aromatic N) is 1. The maximum absolute atomic E-state index is 5.33. The second kappa shape index (κ2) is 5.09. The van der Waals surface area contributed by atoms with Crippen molar-refractivity contribution in [1.82, 2.24) is 10.3 Å². The highest BCUT2D eigenvalue weighted by Gasteiger charge is 2.00. The summed E-state index contributed by atoms with van der Waals surface area (Å²) >= 11 is 1.64. The molecule has 0 saturated carbocycles. The first-order valence-corrected chi connectivity index (χ1v) is 5.91. The second-order valence-corrected chi connectivity index (χ2v) is 4.15. The summed E-state index contributed by atoms with van der Waals surface area (Å²) < 4.78 is 5.33. The van der Waals surface area contributed by atoms with Gasteiger partial charge in [-0.1, -0.05) is 0 Å². The molecule has 2 rings (SSSR count). The van der Waals surface area contributed by atoms with E-state index in [1.54, 1.807) is 17.6 Å². The van der Waals surface area contributed by atoms with E-state index in [9.17, 15) is 0 Å². The summed E-state index contributed by atoms with van der Waals surface area (Å²) in [5.41, 5.74) is 4.23. The largest absolute Gasteiger partial charge is 0.468 e. The summed E-state index contributed by atoms with van der Waals surface area (Å²) in [4.78, 5) is 4.22. The summed E-state index contributed by atoms with van der Waals surface area (Å²) in [6.07, 6.45) is 2.70. The van der Waals surface area contributed by atoms with Crippen LogP contribution in [0.1, 0.15) is 17.0 Å². The average molecular weight is 222 g/mol. The predicted molar refractivity (Wildman–Crippen MR) is 61.0 cm³/mol. The predicted octanol–water partition coefficient (Wildman–Crippen LogP) is 2.38. The Kier molecular flexibility index (Phi) is 3.53. The van der Waals surface area contributed by atoms with E-state index in [0.29, 0.717) is 0 Å². The molecule has 80 valence electrons. The topological polar surface area (TPSA) is 38.1 Å². The van der Waals surface area contributed by atoms with Crippen LogP contribution in [0.2, 0.25) is 0 Å². The molecule has 0 fully saturated rings. The van der Waals surface area contributed by atoms with E-state index in [1.165, 1.54) is 5.56 Å². The highest BCUT2D eigenvalue weighted by Crippen LogP contribution is 2.07. The maximum atomic E-state index is 5.33. The van der Waals surface area contributed by atoms with Crippen LogP contribution in [0.15, 0.2) is 27.6 Å². The third-order valence-corrected chi connectivity index (χ3v) is 2.93. The standard InChI is InChI=1S/C11H14N2OS/c1-9-3-5-14-11(9)6-12-4-2-10-7-15-8-13-10/h3,5,7-8,12H,2,4,6H2,1H3. The normalized spacial score (nSPS) is 10.7. The number of rotatable bonds is 5. The minimum atomic E-state index is 0.795. The number of hydrogen-bond donors (Lipinski definition) is 1. The summed E-state index contributed by atoms with van der Waals surface area (Å²) in [7, 11) is 0. The Balaban J connectivity index is 1.70. The van der Waals surface area contributed by atoms with Crippen LogP contribution in [0.4, 0.5) is 0 Å². The summed E-state index contributed by atoms with van der Waals surface area (Å²) in [6, 6.07) is 1.98. The van der Waals surface area contributed by atoms with Crippen molar-refractivity contribution in [3.05, 3.63) is 40.2 Å². The van der Waals surface area contributed by atoms with Gasteiger partial charge >= 0.3 is 0 Å². The second-order valence-electron chi connectivity index (χ2n) is 3.43. The van der Waals surface area contributed by atoms with Gasteiger partial charge in [0.05, 0.1) is 24.0 Å². The van der Waals surface area contributed by atoms with Gasteiger partial charge in [0.2, 0.25) is 0 Å². The number of thiazole rings is 1. The lowest BCUT2D eigenvalue weighted by Crippen LogP contribution is -2.16. The number of aromatic nitrogens is 1. The molecule has 0 bridgehead atoms. The fraction of sp³-hybridized carbons (Fsp3) is 0.364. The fourth-order valence-electron chi connectivity index (χ4n) is 1.36. The fourth-order valence-corrected chi connectivity index (χ4v) is 1.96. The first-order valence-electron chi connectivity index (χ1n) is 4.97. The zero-order chi connectivity index (χ0) is 10.5. The van der Waals surface area contributed by atoms with Crippen molar-refractivity contribution in [2.45, 2.75) is 19.9 Å². The van der Waals surface area contributed by atoms with Crippen LogP contribution in [0.3, 0.4) is 0 Å². The van der Waals surface area contributed by atoms with Gasteiger partial charge in [0.25, 0.3) is 0 Å². The molecule has 15 heavy (non-hydrogen) atoms. The molecule has 4 heteroatoms. The Morgan fingerprint density at radius 2 is 2.47 bits per heavy atom. The van der Waals surface area contributed by atoms with Gasteiger partial charge in [-0.05, 0) is 18.6 Å². The SMILES string of the molecule is Cc1ccoc1CNCCc1cscn1. The van der Waals surface area contributed by atoms with Gasteiger partial charge in [-0.3, -0.25) is 0 Å². The quantitative estimate of drug-likeness (QED) is 0.789. The zero-order valence-electron chi connectivity index (χ0n) is 8.69. The van der Waals surface area contributed by atoms with Gasteiger partial charge in [0.1, 0.15) is 5.76 Å². The molecule has 0 aromatic carbocycles. The molecule has 2 aromatic heterocycles. The van der Waals surface area contributed by atoms with Crippen LogP contribution in [0, 0.1) is 6.92 Å². The molecule has 0 aliphatic heterocycles. The Morgan fingerprint density at radius 1 is 1.53 bits per heavy atom. The van der Waals surface area contributed by atoms with E-state index in [-0.39, 0.29) is 0 Å². The van der Waals surface area contributed by atoms with E-state index in [1.807, 2.05) is 11.6 Å². The van der Waals surface area contributed by atoms with E-state index < -0.39 is 0 Å². The molecular weight excluding hydrogens is 208 g/mol. The number of nitrogens with one attached hydrogen (secondary N) is 1. The molecule has 2 aromatic rings. The molecule has 2 heterocycles. The van der Waals surface area contributed by atoms with Gasteiger partial charge in [-0.2, -0.15) is 0 Å². The third kappa shape index (κ3) is 2.91. The van der Waals surface area contributed by atoms with Gasteiger partial charge in [-0.25, -0.2) is 4.98 Å². The van der Waals surface area contributed by atoms with Crippen LogP contribution in [-0.2, 0) is 13.0 Å². The van der Waals surface area contributed by atoms with Crippen LogP contribution in [0.5, 0.6) is 0 Å². The minimum Gasteiger partial charge on any atom is -0.468 e. The molecule has 0 radical (unpaired) electrons. The van der Waals surface area contributed by atoms with Crippen molar-refractivity contribution in [3.8, 4) is 0 Å². The maximum Gasteiger partial charge on any atom is 0.120 e. The monoisotopic (exact) mass is 222 g/mol. The van der Waals surface area contributed by atoms with Crippen LogP contribution in [0.25, 0.3) is 0 Å². The van der Waals surface area contributed by atoms with E-state index in [2.05, 4.69) is 22.6 Å². The Labute approximate surface area is 93.2 Å². The summed E-state index contributed by atoms with van der Waals surface area (Å²) in [5.74, 6) is 1.02. The zero-order valence-corrected chi connectivity index (χ0v) is 9.51. The molecule has 0 aliphatic rings. The summed E-state index contributed by atoms with van der Waals surface area (Å²) in [5, 5.41) is 5.42. The Bertz CT molecular complexity index is 394. The smallest absolute Gasteiger partial charge is 0.120 e. The van der Waals surface area contributed by atoms with Crippen molar-refractivity contribution in [2.24, 2.45) is 0 Å². The molecule has 0 amide bonds. The lowest BCUT2D eigenvalue weighted by atomic mass is 10.3. The Morgan fingerprint density at radius 3 is 3.13 bits per heavy atom. The van der Waals surface area contributed by atoms with Crippen molar-refractivity contribution >= 4 is 11.3 Å². The average Bonchev–Trinajstić information content (AvgIpc) is 2.85. The molecule has 0 atom stereocenters. The lowest BCUT2D eigenvalue weighted by Gasteiger charge is -2.01. The highest BCUT2D eigenvalue weighted by atomic mass is 32.1. The van der Waals surface area contributed by atoms with Gasteiger partial charge in [0.15, 0.2) is 0 Å². The van der Waals surface area contributed by atoms with Crippen molar-refractivity contribution < 1.29 is 4.42 Å². The van der Waals surface area contributed by atoms with E-state index in [4.69, 9.17) is 4.42 Å². The Hall–Kier alpha value is -1.13. The lowest BCUT2D eigenvalue weighted by molar-refractivity contribution is 0.481. The molecule has 1 N–H and O–H groups in total. The number of aryl methyl sites for hydroxylation is 1. The van der Waals surface area contributed by atoms with Crippen LogP contribution < -0.4 is 5.32 Å². The molecule has 0 unspecified atom stereocenters. The highest BCUT2D eigenvalue weighted by molar-refractivity contribution is 7.07. The van der Waals surface area contributed by atoms with Crippen molar-refractivity contribution in [1.29, 1.82) is 0 Å². The summed E-state index contributed by atoms with van der Waals surface area (Å²) in [6.45, 7) is 3.79. The third-order valence-electron chi connectivity index (χ3n) is 2.30. The molecule has 0 aliphatic carbocycles. The number of furan rings is 1. The van der Waals surface area contributed by atoms with E-state index in [0.717, 1.165) is 31.0 Å². The first-order chi connectivity index (χ1) is 7.36. The van der Waals surface area contributed by atoms with Crippen molar-refractivity contribution in [2.75, 3.05) is 6.54 Å². The number of hydrogen-bond acceptors (Lipinski definition) is 4. The molecule has 3 nitrogen and oxygen atoms in total. The first kappa shape index (κ1) is 10.4. The molecule has 0 saturated heterocycles. The van der Waals surface area contributed by atoms with Crippen LogP contribution >= 0.6 is 11.3 Å². The molecule has 0 spiro atoms. The molecular formula is C11H14N2OS. The van der Waals surface area contributed by atoms with Gasteiger partial charge in [-0.15, -0.1) is 11.3 Å². The van der Waals surface area contributed by atoms with Crippen molar-refractivity contribution in [3.63, 3.8) is 0 Å². The van der Waals surface area contributed by atoms with E-state index >= 15 is 0 Å². The minimum absolute atomic E-state index is 0.795. The van der Waals surface area contributed by atoms with Gasteiger partial charge < -0.3 is 9.73 Å². The van der Waals surface area contributed by atoms with Crippen LogP contribution in [-0.4, -0.2) is 11.5 Å². The van der Waals surface area contributed by atoms with Gasteiger partial charge in [0, 0.05) is 18.3 Å².